The normalized spacial score (nSPS) is 11.6. The monoisotopic (exact) mass is 294 g/mol. The highest BCUT2D eigenvalue weighted by molar-refractivity contribution is 5.88. The Bertz CT molecular complexity index is 599. The SMILES string of the molecule is COc1ccc2ccccc2c1CNC(=O)[C@H](C)N.Cl. The van der Waals surface area contributed by atoms with Crippen LogP contribution in [-0.4, -0.2) is 19.1 Å². The lowest BCUT2D eigenvalue weighted by atomic mass is 10.0. The highest BCUT2D eigenvalue weighted by Crippen LogP contribution is 2.27. The second-order valence-electron chi connectivity index (χ2n) is 4.47. The van der Waals surface area contributed by atoms with Crippen molar-refractivity contribution < 1.29 is 9.53 Å². The molecule has 0 fully saturated rings. The smallest absolute Gasteiger partial charge is 0.236 e. The predicted molar refractivity (Wildman–Crippen MR) is 83.2 cm³/mol. The van der Waals surface area contributed by atoms with Crippen molar-refractivity contribution in [2.75, 3.05) is 7.11 Å². The molecule has 0 bridgehead atoms. The van der Waals surface area contributed by atoms with E-state index in [-0.39, 0.29) is 18.3 Å². The zero-order valence-electron chi connectivity index (χ0n) is 11.6. The zero-order chi connectivity index (χ0) is 13.8. The molecule has 1 amide bonds. The highest BCUT2D eigenvalue weighted by Gasteiger charge is 2.11. The first kappa shape index (κ1) is 16.3. The fraction of sp³-hybridized carbons (Fsp3) is 0.267. The van der Waals surface area contributed by atoms with Crippen molar-refractivity contribution in [1.29, 1.82) is 0 Å². The number of carbonyl (C=O) groups is 1. The average molecular weight is 295 g/mol. The van der Waals surface area contributed by atoms with Gasteiger partial charge in [-0.3, -0.25) is 4.79 Å². The largest absolute Gasteiger partial charge is 0.496 e. The number of benzene rings is 2. The molecule has 0 radical (unpaired) electrons. The molecule has 108 valence electrons. The van der Waals surface area contributed by atoms with Gasteiger partial charge in [0.1, 0.15) is 5.75 Å². The number of nitrogens with one attached hydrogen (secondary N) is 1. The van der Waals surface area contributed by atoms with Gasteiger partial charge in [-0.25, -0.2) is 0 Å². The van der Waals surface area contributed by atoms with E-state index >= 15 is 0 Å². The lowest BCUT2D eigenvalue weighted by Gasteiger charge is -2.14. The summed E-state index contributed by atoms with van der Waals surface area (Å²) >= 11 is 0. The molecule has 2 aromatic rings. The van der Waals surface area contributed by atoms with Crippen LogP contribution in [0.15, 0.2) is 36.4 Å². The van der Waals surface area contributed by atoms with Gasteiger partial charge in [-0.1, -0.05) is 30.3 Å². The number of hydrogen-bond acceptors (Lipinski definition) is 3. The summed E-state index contributed by atoms with van der Waals surface area (Å²) in [6.45, 7) is 2.07. The second-order valence-corrected chi connectivity index (χ2v) is 4.47. The number of fused-ring (bicyclic) bond motifs is 1. The van der Waals surface area contributed by atoms with Crippen molar-refractivity contribution in [3.63, 3.8) is 0 Å². The molecule has 2 rings (SSSR count). The summed E-state index contributed by atoms with van der Waals surface area (Å²) in [5.41, 5.74) is 6.51. The molecule has 0 heterocycles. The van der Waals surface area contributed by atoms with E-state index in [1.54, 1.807) is 14.0 Å². The summed E-state index contributed by atoms with van der Waals surface area (Å²) in [5.74, 6) is 0.596. The summed E-state index contributed by atoms with van der Waals surface area (Å²) in [6, 6.07) is 11.4. The summed E-state index contributed by atoms with van der Waals surface area (Å²) in [4.78, 5) is 11.6. The third-order valence-corrected chi connectivity index (χ3v) is 3.07. The minimum Gasteiger partial charge on any atom is -0.496 e. The van der Waals surface area contributed by atoms with Crippen LogP contribution in [0.2, 0.25) is 0 Å². The number of nitrogens with two attached hydrogens (primary N) is 1. The number of ether oxygens (including phenoxy) is 1. The highest BCUT2D eigenvalue weighted by atomic mass is 35.5. The fourth-order valence-electron chi connectivity index (χ4n) is 2.03. The topological polar surface area (TPSA) is 64.3 Å². The van der Waals surface area contributed by atoms with Gasteiger partial charge in [-0.2, -0.15) is 0 Å². The first-order valence-electron chi connectivity index (χ1n) is 6.21. The molecular weight excluding hydrogens is 276 g/mol. The van der Waals surface area contributed by atoms with Crippen LogP contribution in [0.1, 0.15) is 12.5 Å². The zero-order valence-corrected chi connectivity index (χ0v) is 12.4. The Morgan fingerprint density at radius 1 is 1.30 bits per heavy atom. The van der Waals surface area contributed by atoms with E-state index in [1.807, 2.05) is 36.4 Å². The maximum absolute atomic E-state index is 11.6. The number of rotatable bonds is 4. The molecule has 0 aliphatic heterocycles. The van der Waals surface area contributed by atoms with Crippen LogP contribution in [0.25, 0.3) is 10.8 Å². The predicted octanol–water partition coefficient (Wildman–Crippen LogP) is 2.23. The van der Waals surface area contributed by atoms with Gasteiger partial charge in [0.25, 0.3) is 0 Å². The standard InChI is InChI=1S/C15H18N2O2.ClH/c1-10(16)15(18)17-9-13-12-6-4-3-5-11(12)7-8-14(13)19-2;/h3-8,10H,9,16H2,1-2H3,(H,17,18);1H/t10-;/m0./s1. The van der Waals surface area contributed by atoms with Gasteiger partial charge in [-0.15, -0.1) is 12.4 Å². The molecule has 1 atom stereocenters. The Morgan fingerprint density at radius 3 is 2.65 bits per heavy atom. The van der Waals surface area contributed by atoms with E-state index < -0.39 is 6.04 Å². The Hall–Kier alpha value is -1.78. The maximum Gasteiger partial charge on any atom is 0.236 e. The number of halogens is 1. The van der Waals surface area contributed by atoms with Crippen molar-refractivity contribution in [3.05, 3.63) is 42.0 Å². The fourth-order valence-corrected chi connectivity index (χ4v) is 2.03. The molecule has 5 heteroatoms. The third kappa shape index (κ3) is 3.40. The molecule has 0 unspecified atom stereocenters. The van der Waals surface area contributed by atoms with Crippen molar-refractivity contribution in [2.24, 2.45) is 5.73 Å². The van der Waals surface area contributed by atoms with Crippen molar-refractivity contribution >= 4 is 29.1 Å². The van der Waals surface area contributed by atoms with E-state index in [0.29, 0.717) is 6.54 Å². The maximum atomic E-state index is 11.6. The molecule has 3 N–H and O–H groups in total. The van der Waals surface area contributed by atoms with E-state index in [2.05, 4.69) is 5.32 Å². The summed E-state index contributed by atoms with van der Waals surface area (Å²) in [7, 11) is 1.63. The van der Waals surface area contributed by atoms with Gasteiger partial charge >= 0.3 is 0 Å². The Morgan fingerprint density at radius 2 is 2.00 bits per heavy atom. The Kier molecular flexibility index (Phi) is 5.80. The van der Waals surface area contributed by atoms with Gasteiger partial charge in [0.2, 0.25) is 5.91 Å². The minimum absolute atomic E-state index is 0. The molecule has 2 aromatic carbocycles. The van der Waals surface area contributed by atoms with Gasteiger partial charge < -0.3 is 15.8 Å². The summed E-state index contributed by atoms with van der Waals surface area (Å²) in [6.07, 6.45) is 0. The lowest BCUT2D eigenvalue weighted by molar-refractivity contribution is -0.122. The Balaban J connectivity index is 0.00000200. The third-order valence-electron chi connectivity index (χ3n) is 3.07. The van der Waals surface area contributed by atoms with E-state index in [9.17, 15) is 4.79 Å². The summed E-state index contributed by atoms with van der Waals surface area (Å²) in [5, 5.41) is 5.02. The van der Waals surface area contributed by atoms with Crippen LogP contribution < -0.4 is 15.8 Å². The molecule has 20 heavy (non-hydrogen) atoms. The first-order chi connectivity index (χ1) is 9.13. The van der Waals surface area contributed by atoms with Gasteiger partial charge in [-0.05, 0) is 23.8 Å². The number of methoxy groups -OCH3 is 1. The van der Waals surface area contributed by atoms with Crippen LogP contribution in [0.3, 0.4) is 0 Å². The van der Waals surface area contributed by atoms with Crippen molar-refractivity contribution in [3.8, 4) is 5.75 Å². The molecule has 0 saturated heterocycles. The van der Waals surface area contributed by atoms with E-state index in [0.717, 1.165) is 22.1 Å². The summed E-state index contributed by atoms with van der Waals surface area (Å²) < 4.78 is 5.36. The van der Waals surface area contributed by atoms with Gasteiger partial charge in [0.15, 0.2) is 0 Å². The minimum atomic E-state index is -0.513. The van der Waals surface area contributed by atoms with Crippen LogP contribution >= 0.6 is 12.4 Å². The molecule has 0 aromatic heterocycles. The van der Waals surface area contributed by atoms with Crippen LogP contribution in [0.5, 0.6) is 5.75 Å². The quantitative estimate of drug-likeness (QED) is 0.909. The average Bonchev–Trinajstić information content (AvgIpc) is 2.43. The van der Waals surface area contributed by atoms with Crippen LogP contribution in [0.4, 0.5) is 0 Å². The van der Waals surface area contributed by atoms with Gasteiger partial charge in [0, 0.05) is 12.1 Å². The van der Waals surface area contributed by atoms with Crippen molar-refractivity contribution in [2.45, 2.75) is 19.5 Å². The van der Waals surface area contributed by atoms with Crippen molar-refractivity contribution in [1.82, 2.24) is 5.32 Å². The van der Waals surface area contributed by atoms with Crippen LogP contribution in [-0.2, 0) is 11.3 Å². The number of carbonyl (C=O) groups excluding carboxylic acids is 1. The lowest BCUT2D eigenvalue weighted by Crippen LogP contribution is -2.37. The molecule has 4 nitrogen and oxygen atoms in total. The van der Waals surface area contributed by atoms with Gasteiger partial charge in [0.05, 0.1) is 13.2 Å². The number of hydrogen-bond donors (Lipinski definition) is 2. The Labute approximate surface area is 124 Å². The first-order valence-corrected chi connectivity index (χ1v) is 6.21. The molecule has 0 aliphatic rings. The molecule has 0 saturated carbocycles. The number of amides is 1. The molecule has 0 aliphatic carbocycles. The van der Waals surface area contributed by atoms with E-state index in [1.165, 1.54) is 0 Å². The van der Waals surface area contributed by atoms with E-state index in [4.69, 9.17) is 10.5 Å². The second kappa shape index (κ2) is 7.12. The molecule has 0 spiro atoms. The molecular formula is C15H19ClN2O2. The van der Waals surface area contributed by atoms with Crippen LogP contribution in [0, 0.1) is 0 Å².